The molecule has 0 aliphatic carbocycles. The van der Waals surface area contributed by atoms with Gasteiger partial charge in [0.15, 0.2) is 0 Å². The number of hydrogen-bond acceptors (Lipinski definition) is 3. The third-order valence-corrected chi connectivity index (χ3v) is 2.59. The first-order chi connectivity index (χ1) is 7.13. The van der Waals surface area contributed by atoms with Crippen molar-refractivity contribution in [2.24, 2.45) is 11.5 Å². The van der Waals surface area contributed by atoms with Crippen LogP contribution < -0.4 is 16.8 Å². The summed E-state index contributed by atoms with van der Waals surface area (Å²) >= 11 is 0. The molecule has 1 saturated heterocycles. The van der Waals surface area contributed by atoms with Crippen molar-refractivity contribution in [1.82, 2.24) is 10.2 Å². The van der Waals surface area contributed by atoms with Gasteiger partial charge in [0.05, 0.1) is 6.54 Å². The van der Waals surface area contributed by atoms with Crippen LogP contribution in [0.1, 0.15) is 19.3 Å². The second-order valence-corrected chi connectivity index (χ2v) is 3.72. The molecule has 1 aliphatic rings. The fourth-order valence-corrected chi connectivity index (χ4v) is 1.75. The standard InChI is InChI=1S/C9H18N4O2/c10-6-8(14)12-7-2-1-4-13(5-3-7)9(11)15/h7H,1-6,10H2,(H2,11,15)(H,12,14). The first-order valence-corrected chi connectivity index (χ1v) is 5.17. The number of carbonyl (C=O) groups excluding carboxylic acids is 2. The van der Waals surface area contributed by atoms with Crippen LogP contribution in [0.15, 0.2) is 0 Å². The average Bonchev–Trinajstić information content (AvgIpc) is 2.43. The molecule has 6 heteroatoms. The maximum atomic E-state index is 11.1. The molecule has 1 aliphatic heterocycles. The maximum Gasteiger partial charge on any atom is 0.314 e. The Balaban J connectivity index is 2.39. The molecule has 15 heavy (non-hydrogen) atoms. The smallest absolute Gasteiger partial charge is 0.314 e. The van der Waals surface area contributed by atoms with Gasteiger partial charge in [0.1, 0.15) is 0 Å². The summed E-state index contributed by atoms with van der Waals surface area (Å²) in [7, 11) is 0. The van der Waals surface area contributed by atoms with E-state index in [2.05, 4.69) is 5.32 Å². The molecule has 1 rings (SSSR count). The summed E-state index contributed by atoms with van der Waals surface area (Å²) in [5.74, 6) is -0.146. The summed E-state index contributed by atoms with van der Waals surface area (Å²) < 4.78 is 0. The van der Waals surface area contributed by atoms with Gasteiger partial charge in [-0.2, -0.15) is 0 Å². The molecule has 0 aromatic rings. The van der Waals surface area contributed by atoms with Gasteiger partial charge in [-0.3, -0.25) is 4.79 Å². The Morgan fingerprint density at radius 2 is 2.07 bits per heavy atom. The highest BCUT2D eigenvalue weighted by atomic mass is 16.2. The van der Waals surface area contributed by atoms with Crippen LogP contribution in [0.2, 0.25) is 0 Å². The number of amides is 3. The topological polar surface area (TPSA) is 101 Å². The van der Waals surface area contributed by atoms with Crippen LogP contribution in [0.4, 0.5) is 4.79 Å². The highest BCUT2D eigenvalue weighted by molar-refractivity contribution is 5.78. The molecule has 0 radical (unpaired) electrons. The zero-order chi connectivity index (χ0) is 11.3. The van der Waals surface area contributed by atoms with Crippen LogP contribution in [-0.4, -0.2) is 42.5 Å². The van der Waals surface area contributed by atoms with Crippen LogP contribution in [0.5, 0.6) is 0 Å². The molecule has 0 saturated carbocycles. The van der Waals surface area contributed by atoms with Crippen LogP contribution in [0, 0.1) is 0 Å². The maximum absolute atomic E-state index is 11.1. The number of hydrogen-bond donors (Lipinski definition) is 3. The van der Waals surface area contributed by atoms with E-state index in [9.17, 15) is 9.59 Å². The molecule has 6 nitrogen and oxygen atoms in total. The molecule has 5 N–H and O–H groups in total. The van der Waals surface area contributed by atoms with Crippen molar-refractivity contribution in [3.63, 3.8) is 0 Å². The predicted molar refractivity (Wildman–Crippen MR) is 56.0 cm³/mol. The normalized spacial score (nSPS) is 21.9. The van der Waals surface area contributed by atoms with Crippen molar-refractivity contribution in [3.05, 3.63) is 0 Å². The monoisotopic (exact) mass is 214 g/mol. The van der Waals surface area contributed by atoms with Crippen molar-refractivity contribution in [2.45, 2.75) is 25.3 Å². The number of rotatable bonds is 2. The first kappa shape index (κ1) is 11.8. The lowest BCUT2D eigenvalue weighted by Crippen LogP contribution is -2.40. The number of nitrogens with one attached hydrogen (secondary N) is 1. The van der Waals surface area contributed by atoms with Gasteiger partial charge >= 0.3 is 6.03 Å². The Morgan fingerprint density at radius 1 is 1.33 bits per heavy atom. The van der Waals surface area contributed by atoms with E-state index in [0.717, 1.165) is 19.3 Å². The highest BCUT2D eigenvalue weighted by Gasteiger charge is 2.19. The quantitative estimate of drug-likeness (QED) is 0.549. The van der Waals surface area contributed by atoms with E-state index in [4.69, 9.17) is 11.5 Å². The van der Waals surface area contributed by atoms with Gasteiger partial charge in [-0.15, -0.1) is 0 Å². The van der Waals surface area contributed by atoms with Gasteiger partial charge in [0, 0.05) is 19.1 Å². The average molecular weight is 214 g/mol. The minimum atomic E-state index is -0.388. The van der Waals surface area contributed by atoms with E-state index in [1.165, 1.54) is 0 Å². The van der Waals surface area contributed by atoms with Crippen molar-refractivity contribution >= 4 is 11.9 Å². The molecule has 3 amide bonds. The SMILES string of the molecule is NCC(=O)NC1CCCN(C(N)=O)CC1. The van der Waals surface area contributed by atoms with Crippen LogP contribution in [-0.2, 0) is 4.79 Å². The molecule has 0 bridgehead atoms. The Morgan fingerprint density at radius 3 is 2.67 bits per heavy atom. The van der Waals surface area contributed by atoms with E-state index in [1.54, 1.807) is 4.90 Å². The summed E-state index contributed by atoms with van der Waals surface area (Å²) in [6, 6.07) is -0.272. The summed E-state index contributed by atoms with van der Waals surface area (Å²) in [5, 5.41) is 2.83. The molecule has 1 fully saturated rings. The predicted octanol–water partition coefficient (Wildman–Crippen LogP) is -1.01. The highest BCUT2D eigenvalue weighted by Crippen LogP contribution is 2.10. The fraction of sp³-hybridized carbons (Fsp3) is 0.778. The largest absolute Gasteiger partial charge is 0.352 e. The van der Waals surface area contributed by atoms with Gasteiger partial charge in [0.2, 0.25) is 5.91 Å². The number of nitrogens with two attached hydrogens (primary N) is 2. The van der Waals surface area contributed by atoms with Gasteiger partial charge in [-0.1, -0.05) is 0 Å². The third kappa shape index (κ3) is 3.75. The molecule has 0 aromatic heterocycles. The Labute approximate surface area is 89.0 Å². The van der Waals surface area contributed by atoms with Crippen LogP contribution >= 0.6 is 0 Å². The van der Waals surface area contributed by atoms with Gasteiger partial charge < -0.3 is 21.7 Å². The van der Waals surface area contributed by atoms with Crippen LogP contribution in [0.3, 0.4) is 0 Å². The second kappa shape index (κ2) is 5.55. The second-order valence-electron chi connectivity index (χ2n) is 3.72. The van der Waals surface area contributed by atoms with Crippen LogP contribution in [0.25, 0.3) is 0 Å². The molecule has 86 valence electrons. The Hall–Kier alpha value is -1.30. The van der Waals surface area contributed by atoms with Gasteiger partial charge in [-0.25, -0.2) is 4.79 Å². The number of likely N-dealkylation sites (tertiary alicyclic amines) is 1. The lowest BCUT2D eigenvalue weighted by Gasteiger charge is -2.18. The minimum absolute atomic E-state index is 0.00995. The van der Waals surface area contributed by atoms with Crippen molar-refractivity contribution in [3.8, 4) is 0 Å². The third-order valence-electron chi connectivity index (χ3n) is 2.59. The summed E-state index contributed by atoms with van der Waals surface area (Å²) in [5.41, 5.74) is 10.4. The number of primary amides is 1. The van der Waals surface area contributed by atoms with Crippen molar-refractivity contribution < 1.29 is 9.59 Å². The molecule has 1 unspecified atom stereocenters. The lowest BCUT2D eigenvalue weighted by atomic mass is 10.1. The number of carbonyl (C=O) groups is 2. The molecule has 0 spiro atoms. The fourth-order valence-electron chi connectivity index (χ4n) is 1.75. The summed E-state index contributed by atoms with van der Waals surface area (Å²) in [4.78, 5) is 23.6. The van der Waals surface area contributed by atoms with E-state index in [1.807, 2.05) is 0 Å². The Bertz CT molecular complexity index is 244. The summed E-state index contributed by atoms with van der Waals surface area (Å²) in [6.45, 7) is 1.28. The zero-order valence-corrected chi connectivity index (χ0v) is 8.74. The van der Waals surface area contributed by atoms with Crippen molar-refractivity contribution in [1.29, 1.82) is 0 Å². The van der Waals surface area contributed by atoms with E-state index in [0.29, 0.717) is 13.1 Å². The molecular weight excluding hydrogens is 196 g/mol. The van der Waals surface area contributed by atoms with Gasteiger partial charge in [0.25, 0.3) is 0 Å². The van der Waals surface area contributed by atoms with Gasteiger partial charge in [-0.05, 0) is 19.3 Å². The lowest BCUT2D eigenvalue weighted by molar-refractivity contribution is -0.120. The first-order valence-electron chi connectivity index (χ1n) is 5.17. The zero-order valence-electron chi connectivity index (χ0n) is 8.74. The van der Waals surface area contributed by atoms with Crippen molar-refractivity contribution in [2.75, 3.05) is 19.6 Å². The number of urea groups is 1. The van der Waals surface area contributed by atoms with E-state index in [-0.39, 0.29) is 24.5 Å². The minimum Gasteiger partial charge on any atom is -0.352 e. The Kier molecular flexibility index (Phi) is 4.36. The molecule has 1 heterocycles. The van der Waals surface area contributed by atoms with E-state index >= 15 is 0 Å². The molecule has 0 aromatic carbocycles. The van der Waals surface area contributed by atoms with E-state index < -0.39 is 0 Å². The molecular formula is C9H18N4O2. The number of nitrogens with zero attached hydrogens (tertiary/aromatic N) is 1. The molecule has 1 atom stereocenters. The summed E-state index contributed by atoms with van der Waals surface area (Å²) in [6.07, 6.45) is 2.47.